The molecule has 0 radical (unpaired) electrons. The molecule has 1 aromatic carbocycles. The van der Waals surface area contributed by atoms with Crippen molar-refractivity contribution >= 4 is 28.6 Å². The van der Waals surface area contributed by atoms with E-state index in [9.17, 15) is 0 Å². The number of rotatable bonds is 3. The van der Waals surface area contributed by atoms with E-state index in [4.69, 9.17) is 16.9 Å². The third-order valence-corrected chi connectivity index (χ3v) is 3.22. The molecule has 2 rings (SSSR count). The largest absolute Gasteiger partial charge is 0.380 e. The Hall–Kier alpha value is -1.50. The highest BCUT2D eigenvalue weighted by molar-refractivity contribution is 7.08. The summed E-state index contributed by atoms with van der Waals surface area (Å²) >= 11 is 7.71. The minimum absolute atomic E-state index is 0.587. The van der Waals surface area contributed by atoms with Crippen molar-refractivity contribution in [1.82, 2.24) is 0 Å². The van der Waals surface area contributed by atoms with Crippen molar-refractivity contribution in [3.8, 4) is 6.07 Å². The van der Waals surface area contributed by atoms with Crippen LogP contribution in [0.2, 0.25) is 5.02 Å². The first-order valence-corrected chi connectivity index (χ1v) is 6.06. The lowest BCUT2D eigenvalue weighted by atomic mass is 10.1. The van der Waals surface area contributed by atoms with Crippen molar-refractivity contribution in [3.63, 3.8) is 0 Å². The Bertz CT molecular complexity index is 514. The molecule has 0 unspecified atom stereocenters. The minimum Gasteiger partial charge on any atom is -0.380 e. The molecule has 0 aliphatic heterocycles. The Labute approximate surface area is 103 Å². The van der Waals surface area contributed by atoms with E-state index in [1.807, 2.05) is 22.9 Å². The molecule has 0 spiro atoms. The van der Waals surface area contributed by atoms with Crippen LogP contribution in [0.3, 0.4) is 0 Å². The summed E-state index contributed by atoms with van der Waals surface area (Å²) in [5, 5.41) is 16.7. The van der Waals surface area contributed by atoms with Gasteiger partial charge in [0.2, 0.25) is 0 Å². The summed E-state index contributed by atoms with van der Waals surface area (Å²) in [5.74, 6) is 0. The van der Waals surface area contributed by atoms with Crippen LogP contribution < -0.4 is 5.32 Å². The maximum Gasteiger partial charge on any atom is 0.0992 e. The topological polar surface area (TPSA) is 35.8 Å². The molecule has 0 saturated carbocycles. The van der Waals surface area contributed by atoms with Gasteiger partial charge in [-0.3, -0.25) is 0 Å². The van der Waals surface area contributed by atoms with Gasteiger partial charge < -0.3 is 5.32 Å². The van der Waals surface area contributed by atoms with E-state index >= 15 is 0 Å². The highest BCUT2D eigenvalue weighted by atomic mass is 35.5. The van der Waals surface area contributed by atoms with Crippen LogP contribution in [0.15, 0.2) is 35.0 Å². The number of hydrogen-bond donors (Lipinski definition) is 1. The molecule has 2 aromatic rings. The van der Waals surface area contributed by atoms with Gasteiger partial charge in [-0.05, 0) is 29.1 Å². The van der Waals surface area contributed by atoms with Gasteiger partial charge in [0.05, 0.1) is 11.6 Å². The van der Waals surface area contributed by atoms with Crippen LogP contribution in [-0.4, -0.2) is 0 Å². The summed E-state index contributed by atoms with van der Waals surface area (Å²) in [6.07, 6.45) is 0. The SMILES string of the molecule is N#Cc1ccc(CNc2ccsc2)c(Cl)c1. The maximum atomic E-state index is 8.71. The molecule has 1 heterocycles. The fraction of sp³-hybridized carbons (Fsp3) is 0.0833. The average molecular weight is 249 g/mol. The Kier molecular flexibility index (Phi) is 3.45. The average Bonchev–Trinajstić information content (AvgIpc) is 2.80. The van der Waals surface area contributed by atoms with Crippen molar-refractivity contribution in [2.45, 2.75) is 6.54 Å². The van der Waals surface area contributed by atoms with Crippen molar-refractivity contribution in [1.29, 1.82) is 5.26 Å². The van der Waals surface area contributed by atoms with Crippen LogP contribution in [0.25, 0.3) is 0 Å². The summed E-state index contributed by atoms with van der Waals surface area (Å²) in [7, 11) is 0. The molecule has 2 nitrogen and oxygen atoms in total. The number of thiophene rings is 1. The summed E-state index contributed by atoms with van der Waals surface area (Å²) in [6.45, 7) is 0.668. The first-order chi connectivity index (χ1) is 7.79. The summed E-state index contributed by atoms with van der Waals surface area (Å²) < 4.78 is 0. The second kappa shape index (κ2) is 5.02. The van der Waals surface area contributed by atoms with Crippen LogP contribution in [0.1, 0.15) is 11.1 Å². The van der Waals surface area contributed by atoms with E-state index in [1.165, 1.54) is 0 Å². The standard InChI is InChI=1S/C12H9ClN2S/c13-12-5-9(6-14)1-2-10(12)7-15-11-3-4-16-8-11/h1-5,8,15H,7H2. The quantitative estimate of drug-likeness (QED) is 0.895. The molecular formula is C12H9ClN2S. The maximum absolute atomic E-state index is 8.71. The van der Waals surface area contributed by atoms with Crippen molar-refractivity contribution < 1.29 is 0 Å². The van der Waals surface area contributed by atoms with Gasteiger partial charge in [-0.25, -0.2) is 0 Å². The van der Waals surface area contributed by atoms with Crippen LogP contribution in [0, 0.1) is 11.3 Å². The minimum atomic E-state index is 0.587. The number of nitrogens with one attached hydrogen (secondary N) is 1. The molecule has 0 aliphatic carbocycles. The first-order valence-electron chi connectivity index (χ1n) is 4.74. The molecule has 80 valence electrons. The molecule has 0 amide bonds. The molecule has 1 N–H and O–H groups in total. The predicted molar refractivity (Wildman–Crippen MR) is 67.8 cm³/mol. The summed E-state index contributed by atoms with van der Waals surface area (Å²) in [4.78, 5) is 0. The molecule has 0 bridgehead atoms. The molecule has 0 atom stereocenters. The highest BCUT2D eigenvalue weighted by Gasteiger charge is 2.01. The number of benzene rings is 1. The normalized spacial score (nSPS) is 9.75. The molecule has 16 heavy (non-hydrogen) atoms. The first kappa shape index (κ1) is 11.0. The van der Waals surface area contributed by atoms with Gasteiger partial charge in [-0.15, -0.1) is 0 Å². The fourth-order valence-corrected chi connectivity index (χ4v) is 2.18. The van der Waals surface area contributed by atoms with E-state index in [1.54, 1.807) is 23.5 Å². The second-order valence-corrected chi connectivity index (χ2v) is 4.47. The smallest absolute Gasteiger partial charge is 0.0992 e. The Morgan fingerprint density at radius 3 is 2.88 bits per heavy atom. The number of halogens is 1. The Morgan fingerprint density at radius 2 is 2.25 bits per heavy atom. The zero-order valence-electron chi connectivity index (χ0n) is 8.40. The van der Waals surface area contributed by atoms with Crippen molar-refractivity contribution in [2.24, 2.45) is 0 Å². The number of anilines is 1. The van der Waals surface area contributed by atoms with E-state index < -0.39 is 0 Å². The van der Waals surface area contributed by atoms with E-state index in [0.29, 0.717) is 17.1 Å². The second-order valence-electron chi connectivity index (χ2n) is 3.28. The van der Waals surface area contributed by atoms with Crippen LogP contribution in [0.5, 0.6) is 0 Å². The monoisotopic (exact) mass is 248 g/mol. The predicted octanol–water partition coefficient (Wildman–Crippen LogP) is 3.89. The van der Waals surface area contributed by atoms with Gasteiger partial charge in [0.15, 0.2) is 0 Å². The van der Waals surface area contributed by atoms with Gasteiger partial charge in [-0.2, -0.15) is 16.6 Å². The lowest BCUT2D eigenvalue weighted by Crippen LogP contribution is -1.98. The molecule has 0 saturated heterocycles. The highest BCUT2D eigenvalue weighted by Crippen LogP contribution is 2.20. The van der Waals surface area contributed by atoms with Gasteiger partial charge in [0, 0.05) is 22.6 Å². The zero-order chi connectivity index (χ0) is 11.4. The van der Waals surface area contributed by atoms with Crippen molar-refractivity contribution in [2.75, 3.05) is 5.32 Å². The number of nitrogens with zero attached hydrogens (tertiary/aromatic N) is 1. The number of nitriles is 1. The number of hydrogen-bond acceptors (Lipinski definition) is 3. The summed E-state index contributed by atoms with van der Waals surface area (Å²) in [5.41, 5.74) is 2.67. The van der Waals surface area contributed by atoms with Gasteiger partial charge in [-0.1, -0.05) is 17.7 Å². The Balaban J connectivity index is 2.08. The molecular weight excluding hydrogens is 240 g/mol. The fourth-order valence-electron chi connectivity index (χ4n) is 1.32. The van der Waals surface area contributed by atoms with Gasteiger partial charge >= 0.3 is 0 Å². The van der Waals surface area contributed by atoms with E-state index in [-0.39, 0.29) is 0 Å². The van der Waals surface area contributed by atoms with Gasteiger partial charge in [0.25, 0.3) is 0 Å². The molecule has 0 aliphatic rings. The van der Waals surface area contributed by atoms with Crippen LogP contribution >= 0.6 is 22.9 Å². The lowest BCUT2D eigenvalue weighted by molar-refractivity contribution is 1.15. The zero-order valence-corrected chi connectivity index (χ0v) is 9.98. The van der Waals surface area contributed by atoms with Gasteiger partial charge in [0.1, 0.15) is 0 Å². The molecule has 0 fully saturated rings. The van der Waals surface area contributed by atoms with Crippen LogP contribution in [-0.2, 0) is 6.54 Å². The van der Waals surface area contributed by atoms with Crippen molar-refractivity contribution in [3.05, 3.63) is 51.2 Å². The molecule has 4 heteroatoms. The molecule has 1 aromatic heterocycles. The Morgan fingerprint density at radius 1 is 1.38 bits per heavy atom. The third kappa shape index (κ3) is 2.54. The lowest BCUT2D eigenvalue weighted by Gasteiger charge is -2.06. The van der Waals surface area contributed by atoms with E-state index in [2.05, 4.69) is 11.4 Å². The van der Waals surface area contributed by atoms with E-state index in [0.717, 1.165) is 11.3 Å². The summed E-state index contributed by atoms with van der Waals surface area (Å²) in [6, 6.07) is 9.41. The third-order valence-electron chi connectivity index (χ3n) is 2.19. The van der Waals surface area contributed by atoms with Crippen LogP contribution in [0.4, 0.5) is 5.69 Å².